The lowest BCUT2D eigenvalue weighted by atomic mass is 9.78. The van der Waals surface area contributed by atoms with Gasteiger partial charge in [0, 0.05) is 23.2 Å². The lowest BCUT2D eigenvalue weighted by Gasteiger charge is -2.28. The lowest BCUT2D eigenvalue weighted by molar-refractivity contribution is 0.0962. The first kappa shape index (κ1) is 27.0. The number of methoxy groups -OCH3 is 1. The Hall–Kier alpha value is -2.61. The summed E-state index contributed by atoms with van der Waals surface area (Å²) in [7, 11) is 1.39. The van der Waals surface area contributed by atoms with Gasteiger partial charge in [-0.15, -0.1) is 0 Å². The summed E-state index contributed by atoms with van der Waals surface area (Å²) in [5.41, 5.74) is 2.15. The van der Waals surface area contributed by atoms with Crippen LogP contribution in [0.3, 0.4) is 0 Å². The van der Waals surface area contributed by atoms with Gasteiger partial charge in [-0.05, 0) is 41.5 Å². The maximum atomic E-state index is 15.4. The Morgan fingerprint density at radius 3 is 2.17 bits per heavy atom. The van der Waals surface area contributed by atoms with Crippen LogP contribution in [-0.4, -0.2) is 41.9 Å². The van der Waals surface area contributed by atoms with E-state index in [1.54, 1.807) is 23.1 Å². The van der Waals surface area contributed by atoms with Gasteiger partial charge in [0.2, 0.25) is 0 Å². The molecule has 1 aliphatic heterocycles. The van der Waals surface area contributed by atoms with Crippen LogP contribution >= 0.6 is 16.1 Å². The maximum Gasteiger partial charge on any atom is 0.197 e. The number of nitrogens with zero attached hydrogens (tertiary/aromatic N) is 2. The average Bonchev–Trinajstić information content (AvgIpc) is 3.09. The second-order valence-electron chi connectivity index (χ2n) is 10.8. The van der Waals surface area contributed by atoms with Gasteiger partial charge in [-0.1, -0.05) is 41.5 Å². The minimum Gasteiger partial charge on any atom is -0.507 e. The smallest absolute Gasteiger partial charge is 0.197 e. The number of ketones is 1. The highest BCUT2D eigenvalue weighted by Gasteiger charge is 2.35. The molecule has 0 aliphatic carbocycles. The molecule has 0 saturated carbocycles. The molecule has 0 fully saturated rings. The van der Waals surface area contributed by atoms with Crippen molar-refractivity contribution in [3.63, 3.8) is 0 Å². The van der Waals surface area contributed by atoms with Gasteiger partial charge in [0.1, 0.15) is 11.6 Å². The van der Waals surface area contributed by atoms with E-state index in [4.69, 9.17) is 9.47 Å². The molecule has 8 heteroatoms. The summed E-state index contributed by atoms with van der Waals surface area (Å²) in [5.74, 6) is 0.136. The zero-order valence-corrected chi connectivity index (χ0v) is 23.3. The van der Waals surface area contributed by atoms with Crippen LogP contribution in [0, 0.1) is 5.82 Å². The summed E-state index contributed by atoms with van der Waals surface area (Å²) in [5, 5.41) is 11.0. The second-order valence-corrected chi connectivity index (χ2v) is 11.2. The molecule has 190 valence electrons. The lowest BCUT2D eigenvalue weighted by Crippen LogP contribution is -2.31. The number of halogens is 2. The van der Waals surface area contributed by atoms with Crippen LogP contribution in [0.1, 0.15) is 81.1 Å². The van der Waals surface area contributed by atoms with Crippen molar-refractivity contribution in [2.24, 2.45) is 4.02 Å². The summed E-state index contributed by atoms with van der Waals surface area (Å²) < 4.78 is 30.3. The topological polar surface area (TPSA) is 71.4 Å². The molecule has 0 spiro atoms. The van der Waals surface area contributed by atoms with Crippen LogP contribution in [0.5, 0.6) is 17.2 Å². The van der Waals surface area contributed by atoms with Crippen LogP contribution in [-0.2, 0) is 17.4 Å². The normalized spacial score (nSPS) is 14.9. The van der Waals surface area contributed by atoms with Crippen molar-refractivity contribution in [2.75, 3.05) is 20.3 Å². The first-order valence-corrected chi connectivity index (χ1v) is 12.3. The second kappa shape index (κ2) is 9.80. The van der Waals surface area contributed by atoms with Gasteiger partial charge in [-0.2, -0.15) is 4.02 Å². The molecule has 0 saturated heterocycles. The molecule has 0 amide bonds. The van der Waals surface area contributed by atoms with Crippen molar-refractivity contribution in [3.8, 4) is 17.2 Å². The number of fused-ring (bicyclic) bond motifs is 1. The van der Waals surface area contributed by atoms with E-state index in [1.165, 1.54) is 7.11 Å². The van der Waals surface area contributed by atoms with Crippen LogP contribution in [0.25, 0.3) is 0 Å². The number of carbonyl (C=O) groups excluding carboxylic acids is 1. The number of Topliss-reactive ketones (excluding diaryl/α,β-unsaturated/α-hetero) is 1. The summed E-state index contributed by atoms with van der Waals surface area (Å²) >= 11 is 3.11. The predicted molar refractivity (Wildman–Crippen MR) is 140 cm³/mol. The molecule has 0 aromatic heterocycles. The zero-order chi connectivity index (χ0) is 26.3. The average molecular weight is 549 g/mol. The van der Waals surface area contributed by atoms with E-state index in [9.17, 15) is 9.90 Å². The molecule has 2 aromatic carbocycles. The van der Waals surface area contributed by atoms with Crippen molar-refractivity contribution in [1.82, 2.24) is 4.90 Å². The fourth-order valence-electron chi connectivity index (χ4n) is 4.35. The molecule has 1 aliphatic rings. The number of amidine groups is 1. The van der Waals surface area contributed by atoms with E-state index in [2.05, 4.69) is 20.2 Å². The van der Waals surface area contributed by atoms with Gasteiger partial charge in [0.25, 0.3) is 0 Å². The number of hydrogen-bond donors (Lipinski definition) is 1. The third kappa shape index (κ3) is 5.17. The molecule has 2 aromatic rings. The molecule has 6 nitrogen and oxygen atoms in total. The number of carbonyl (C=O) groups is 1. The number of hydrogen-bond acceptors (Lipinski definition) is 5. The molecule has 0 radical (unpaired) electrons. The minimum atomic E-state index is -0.573. The van der Waals surface area contributed by atoms with Crippen molar-refractivity contribution in [1.29, 1.82) is 0 Å². The van der Waals surface area contributed by atoms with Crippen molar-refractivity contribution >= 4 is 27.8 Å². The van der Waals surface area contributed by atoms with E-state index >= 15 is 4.39 Å². The molecule has 0 atom stereocenters. The number of phenolic OH excluding ortho intramolecular Hbond substituents is 1. The van der Waals surface area contributed by atoms with Crippen molar-refractivity contribution in [2.45, 2.75) is 65.8 Å². The molecular formula is C27H34BrFN2O4. The molecule has 0 unspecified atom stereocenters. The molecule has 0 bridgehead atoms. The predicted octanol–water partition coefficient (Wildman–Crippen LogP) is 6.29. The number of benzene rings is 2. The van der Waals surface area contributed by atoms with Gasteiger partial charge in [-0.25, -0.2) is 4.39 Å². The molecule has 1 heterocycles. The summed E-state index contributed by atoms with van der Waals surface area (Å²) in [6.45, 7) is 14.5. The van der Waals surface area contributed by atoms with E-state index < -0.39 is 5.82 Å². The summed E-state index contributed by atoms with van der Waals surface area (Å²) in [6.07, 6.45) is 0. The zero-order valence-electron chi connectivity index (χ0n) is 21.7. The fraction of sp³-hybridized carbons (Fsp3) is 0.481. The van der Waals surface area contributed by atoms with Crippen molar-refractivity contribution < 1.29 is 23.8 Å². The van der Waals surface area contributed by atoms with Crippen LogP contribution in [0.15, 0.2) is 22.2 Å². The number of ether oxygens (including phenoxy) is 2. The summed E-state index contributed by atoms with van der Waals surface area (Å²) in [6, 6.07) is 5.26. The molecule has 35 heavy (non-hydrogen) atoms. The number of rotatable bonds is 6. The third-order valence-corrected chi connectivity index (χ3v) is 6.46. The fourth-order valence-corrected chi connectivity index (χ4v) is 4.75. The molecule has 3 rings (SSSR count). The highest BCUT2D eigenvalue weighted by Crippen LogP contribution is 2.41. The van der Waals surface area contributed by atoms with Gasteiger partial charge in [-0.3, -0.25) is 4.79 Å². The number of aromatic hydroxyl groups is 1. The van der Waals surface area contributed by atoms with E-state index in [-0.39, 0.29) is 40.2 Å². The van der Waals surface area contributed by atoms with Gasteiger partial charge in [0.05, 0.1) is 42.0 Å². The van der Waals surface area contributed by atoms with Crippen LogP contribution < -0.4 is 9.47 Å². The Morgan fingerprint density at radius 1 is 1.14 bits per heavy atom. The maximum absolute atomic E-state index is 15.4. The first-order valence-electron chi connectivity index (χ1n) is 11.6. The van der Waals surface area contributed by atoms with Gasteiger partial charge in [0.15, 0.2) is 23.1 Å². The van der Waals surface area contributed by atoms with Gasteiger partial charge < -0.3 is 19.5 Å². The Balaban J connectivity index is 2.02. The van der Waals surface area contributed by atoms with E-state index in [0.29, 0.717) is 47.0 Å². The molecule has 1 N–H and O–H groups in total. The SMILES string of the molecule is CCOc1cc2c(c(F)c1OC)/C(=N/Br)N(CC(=O)c1cc(C(C)(C)C)c(O)c(C(C)(C)C)c1)C2. The highest BCUT2D eigenvalue weighted by atomic mass is 79.9. The summed E-state index contributed by atoms with van der Waals surface area (Å²) in [4.78, 5) is 15.2. The van der Waals surface area contributed by atoms with Crippen LogP contribution in [0.2, 0.25) is 0 Å². The first-order chi connectivity index (χ1) is 16.2. The largest absolute Gasteiger partial charge is 0.507 e. The van der Waals surface area contributed by atoms with Gasteiger partial charge >= 0.3 is 0 Å². The quantitative estimate of drug-likeness (QED) is 0.429. The highest BCUT2D eigenvalue weighted by molar-refractivity contribution is 9.08. The number of phenols is 1. The van der Waals surface area contributed by atoms with Crippen LogP contribution in [0.4, 0.5) is 4.39 Å². The Labute approximate surface area is 215 Å². The Morgan fingerprint density at radius 2 is 1.71 bits per heavy atom. The van der Waals surface area contributed by atoms with E-state index in [0.717, 1.165) is 0 Å². The Kier molecular flexibility index (Phi) is 7.56. The molecular weight excluding hydrogens is 515 g/mol. The monoisotopic (exact) mass is 548 g/mol. The van der Waals surface area contributed by atoms with Crippen molar-refractivity contribution in [3.05, 3.63) is 51.8 Å². The third-order valence-electron chi connectivity index (χ3n) is 6.12. The van der Waals surface area contributed by atoms with E-state index in [1.807, 2.05) is 48.5 Å². The minimum absolute atomic E-state index is 0.00981. The Bertz CT molecular complexity index is 1140. The standard InChI is InChI=1S/C27H34BrFN2O4/c1-9-35-20-12-16-13-31(25(30-28)21(16)22(29)24(20)34-8)14-19(32)15-10-17(26(2,3)4)23(33)18(11-15)27(5,6)7/h10-12,33H,9,13-14H2,1-8H3/b30-25-.